The van der Waals surface area contributed by atoms with Gasteiger partial charge in [-0.25, -0.2) is 0 Å². The molecule has 0 amide bonds. The second-order valence-corrected chi connectivity index (χ2v) is 3.96. The standard InChI is InChI=1S/C9H14O/c1-6(10)7-5-8(7)9(2,3)4/h5,7H,1-4H3. The molecular formula is C9H14O. The van der Waals surface area contributed by atoms with Crippen LogP contribution in [-0.4, -0.2) is 5.78 Å². The third kappa shape index (κ3) is 1.28. The van der Waals surface area contributed by atoms with Crippen LogP contribution in [0.4, 0.5) is 0 Å². The van der Waals surface area contributed by atoms with Crippen LogP contribution in [0.25, 0.3) is 0 Å². The van der Waals surface area contributed by atoms with Crippen molar-refractivity contribution in [1.29, 1.82) is 0 Å². The van der Waals surface area contributed by atoms with E-state index >= 15 is 0 Å². The zero-order valence-corrected chi connectivity index (χ0v) is 7.06. The van der Waals surface area contributed by atoms with Crippen LogP contribution in [0.15, 0.2) is 11.6 Å². The minimum atomic E-state index is 0.181. The molecule has 1 atom stereocenters. The van der Waals surface area contributed by atoms with Crippen molar-refractivity contribution in [2.45, 2.75) is 27.7 Å². The summed E-state index contributed by atoms with van der Waals surface area (Å²) in [6, 6.07) is 0. The summed E-state index contributed by atoms with van der Waals surface area (Å²) in [4.78, 5) is 10.8. The van der Waals surface area contributed by atoms with Crippen LogP contribution in [0.1, 0.15) is 27.7 Å². The Morgan fingerprint density at radius 2 is 2.00 bits per heavy atom. The highest BCUT2D eigenvalue weighted by Gasteiger charge is 2.36. The quantitative estimate of drug-likeness (QED) is 0.507. The van der Waals surface area contributed by atoms with Crippen LogP contribution in [0.2, 0.25) is 0 Å². The second-order valence-electron chi connectivity index (χ2n) is 3.96. The number of ketones is 1. The van der Waals surface area contributed by atoms with Crippen molar-refractivity contribution in [2.24, 2.45) is 11.3 Å². The van der Waals surface area contributed by atoms with E-state index < -0.39 is 0 Å². The van der Waals surface area contributed by atoms with Crippen molar-refractivity contribution < 1.29 is 4.79 Å². The topological polar surface area (TPSA) is 17.1 Å². The van der Waals surface area contributed by atoms with Crippen LogP contribution in [0.5, 0.6) is 0 Å². The zero-order chi connectivity index (χ0) is 7.94. The molecule has 0 radical (unpaired) electrons. The van der Waals surface area contributed by atoms with E-state index in [4.69, 9.17) is 0 Å². The Morgan fingerprint density at radius 1 is 1.50 bits per heavy atom. The first-order valence-electron chi connectivity index (χ1n) is 3.65. The number of rotatable bonds is 1. The highest BCUT2D eigenvalue weighted by atomic mass is 16.1. The molecule has 1 heteroatoms. The van der Waals surface area contributed by atoms with E-state index in [-0.39, 0.29) is 17.1 Å². The predicted octanol–water partition coefficient (Wildman–Crippen LogP) is 2.18. The molecule has 1 nitrogen and oxygen atoms in total. The van der Waals surface area contributed by atoms with Crippen LogP contribution < -0.4 is 0 Å². The Bertz CT molecular complexity index is 193. The highest BCUT2D eigenvalue weighted by Crippen LogP contribution is 2.43. The van der Waals surface area contributed by atoms with Crippen molar-refractivity contribution >= 4 is 5.78 Å². The number of carbonyl (C=O) groups excluding carboxylic acids is 1. The molecule has 10 heavy (non-hydrogen) atoms. The Hall–Kier alpha value is -0.590. The van der Waals surface area contributed by atoms with Crippen molar-refractivity contribution in [3.8, 4) is 0 Å². The van der Waals surface area contributed by atoms with Crippen LogP contribution in [0.3, 0.4) is 0 Å². The van der Waals surface area contributed by atoms with Gasteiger partial charge in [-0.05, 0) is 12.3 Å². The van der Waals surface area contributed by atoms with Gasteiger partial charge in [-0.15, -0.1) is 0 Å². The molecule has 1 aliphatic carbocycles. The van der Waals surface area contributed by atoms with E-state index in [1.165, 1.54) is 5.57 Å². The van der Waals surface area contributed by atoms with Crippen LogP contribution >= 0.6 is 0 Å². The molecule has 1 rings (SSSR count). The zero-order valence-electron chi connectivity index (χ0n) is 7.06. The maximum atomic E-state index is 10.8. The molecule has 56 valence electrons. The van der Waals surface area contributed by atoms with Gasteiger partial charge in [-0.2, -0.15) is 0 Å². The first kappa shape index (κ1) is 7.52. The fourth-order valence-electron chi connectivity index (χ4n) is 1.18. The molecule has 1 aliphatic rings. The fraction of sp³-hybridized carbons (Fsp3) is 0.667. The molecular weight excluding hydrogens is 124 g/mol. The summed E-state index contributed by atoms with van der Waals surface area (Å²) >= 11 is 0. The lowest BCUT2D eigenvalue weighted by atomic mass is 9.90. The van der Waals surface area contributed by atoms with E-state index in [9.17, 15) is 4.79 Å². The molecule has 1 unspecified atom stereocenters. The first-order chi connectivity index (χ1) is 4.43. The van der Waals surface area contributed by atoms with E-state index in [1.54, 1.807) is 6.92 Å². The summed E-state index contributed by atoms with van der Waals surface area (Å²) in [7, 11) is 0. The van der Waals surface area contributed by atoms with Crippen molar-refractivity contribution in [2.75, 3.05) is 0 Å². The van der Waals surface area contributed by atoms with E-state index in [1.807, 2.05) is 0 Å². The summed E-state index contributed by atoms with van der Waals surface area (Å²) in [6.45, 7) is 8.07. The van der Waals surface area contributed by atoms with E-state index in [0.29, 0.717) is 0 Å². The van der Waals surface area contributed by atoms with Gasteiger partial charge in [-0.1, -0.05) is 32.4 Å². The Balaban J connectivity index is 2.53. The van der Waals surface area contributed by atoms with Gasteiger partial charge in [0.2, 0.25) is 0 Å². The van der Waals surface area contributed by atoms with Crippen molar-refractivity contribution in [3.05, 3.63) is 11.6 Å². The van der Waals surface area contributed by atoms with Gasteiger partial charge in [0, 0.05) is 0 Å². The van der Waals surface area contributed by atoms with Gasteiger partial charge in [0.25, 0.3) is 0 Å². The third-order valence-electron chi connectivity index (χ3n) is 1.88. The smallest absolute Gasteiger partial charge is 0.140 e. The molecule has 0 N–H and O–H groups in total. The Kier molecular flexibility index (Phi) is 1.46. The van der Waals surface area contributed by atoms with Crippen molar-refractivity contribution in [3.63, 3.8) is 0 Å². The number of hydrogen-bond donors (Lipinski definition) is 0. The van der Waals surface area contributed by atoms with E-state index in [0.717, 1.165) is 0 Å². The largest absolute Gasteiger partial charge is 0.299 e. The lowest BCUT2D eigenvalue weighted by Gasteiger charge is -2.14. The first-order valence-corrected chi connectivity index (χ1v) is 3.65. The minimum Gasteiger partial charge on any atom is -0.299 e. The summed E-state index contributed by atoms with van der Waals surface area (Å²) < 4.78 is 0. The minimum absolute atomic E-state index is 0.181. The maximum Gasteiger partial charge on any atom is 0.140 e. The molecule has 0 saturated carbocycles. The van der Waals surface area contributed by atoms with E-state index in [2.05, 4.69) is 26.8 Å². The summed E-state index contributed by atoms with van der Waals surface area (Å²) in [5, 5.41) is 0. The molecule has 0 bridgehead atoms. The van der Waals surface area contributed by atoms with Gasteiger partial charge in [0.1, 0.15) is 5.78 Å². The van der Waals surface area contributed by atoms with Gasteiger partial charge in [0.05, 0.1) is 5.92 Å². The molecule has 0 aliphatic heterocycles. The van der Waals surface area contributed by atoms with Gasteiger partial charge >= 0.3 is 0 Å². The van der Waals surface area contributed by atoms with Crippen molar-refractivity contribution in [1.82, 2.24) is 0 Å². The summed E-state index contributed by atoms with van der Waals surface area (Å²) in [5.74, 6) is 0.463. The number of Topliss-reactive ketones (excluding diaryl/α,β-unsaturated/α-hetero) is 1. The van der Waals surface area contributed by atoms with Crippen LogP contribution in [0, 0.1) is 11.3 Å². The predicted molar refractivity (Wildman–Crippen MR) is 41.7 cm³/mol. The van der Waals surface area contributed by atoms with Gasteiger partial charge in [-0.3, -0.25) is 4.79 Å². The number of carbonyl (C=O) groups is 1. The summed E-state index contributed by atoms with van der Waals surface area (Å²) in [5.41, 5.74) is 1.51. The van der Waals surface area contributed by atoms with Crippen LogP contribution in [-0.2, 0) is 4.79 Å². The number of allylic oxidation sites excluding steroid dienone is 2. The molecule has 0 fully saturated rings. The molecule has 0 aromatic heterocycles. The van der Waals surface area contributed by atoms with Gasteiger partial charge in [0.15, 0.2) is 0 Å². The average Bonchev–Trinajstić information content (AvgIpc) is 2.35. The monoisotopic (exact) mass is 138 g/mol. The normalized spacial score (nSPS) is 24.0. The Labute approximate surface area is 62.1 Å². The maximum absolute atomic E-state index is 10.8. The highest BCUT2D eigenvalue weighted by molar-refractivity contribution is 5.88. The molecule has 0 saturated heterocycles. The molecule has 0 aromatic rings. The fourth-order valence-corrected chi connectivity index (χ4v) is 1.18. The second kappa shape index (κ2) is 1.94. The summed E-state index contributed by atoms with van der Waals surface area (Å²) in [6.07, 6.45) is 2.06. The molecule has 0 heterocycles. The molecule has 0 spiro atoms. The Morgan fingerprint density at radius 3 is 2.10 bits per heavy atom. The molecule has 0 aromatic carbocycles. The van der Waals surface area contributed by atoms with Gasteiger partial charge < -0.3 is 0 Å². The third-order valence-corrected chi connectivity index (χ3v) is 1.88. The lowest BCUT2D eigenvalue weighted by Crippen LogP contribution is -2.08. The lowest BCUT2D eigenvalue weighted by molar-refractivity contribution is -0.117. The average molecular weight is 138 g/mol. The SMILES string of the molecule is CC(=O)C1C=C1C(C)(C)C. The number of hydrogen-bond acceptors (Lipinski definition) is 1.